The highest BCUT2D eigenvalue weighted by molar-refractivity contribution is 7.89. The molecule has 0 unspecified atom stereocenters. The van der Waals surface area contributed by atoms with Crippen LogP contribution in [0.15, 0.2) is 47.4 Å². The van der Waals surface area contributed by atoms with Gasteiger partial charge in [-0.3, -0.25) is 4.79 Å². The Kier molecular flexibility index (Phi) is 5.11. The fourth-order valence-corrected chi connectivity index (χ4v) is 4.78. The van der Waals surface area contributed by atoms with E-state index in [-0.39, 0.29) is 10.7 Å². The zero-order chi connectivity index (χ0) is 18.9. The quantitative estimate of drug-likeness (QED) is 0.891. The average molecular weight is 376 g/mol. The minimum atomic E-state index is -3.75. The van der Waals surface area contributed by atoms with Crippen molar-refractivity contribution in [1.29, 1.82) is 0 Å². The highest BCUT2D eigenvalue weighted by atomic mass is 32.2. The number of halogens is 1. The van der Waals surface area contributed by atoms with Crippen molar-refractivity contribution in [1.82, 2.24) is 4.31 Å². The summed E-state index contributed by atoms with van der Waals surface area (Å²) in [4.78, 5) is 12.9. The van der Waals surface area contributed by atoms with Gasteiger partial charge in [-0.2, -0.15) is 4.31 Å². The first-order valence-corrected chi connectivity index (χ1v) is 9.88. The molecule has 1 heterocycles. The van der Waals surface area contributed by atoms with E-state index < -0.39 is 22.0 Å². The summed E-state index contributed by atoms with van der Waals surface area (Å²) in [7, 11) is -3.75. The zero-order valence-electron chi connectivity index (χ0n) is 14.7. The topological polar surface area (TPSA) is 66.5 Å². The summed E-state index contributed by atoms with van der Waals surface area (Å²) in [5.41, 5.74) is 2.03. The molecule has 26 heavy (non-hydrogen) atoms. The van der Waals surface area contributed by atoms with Crippen molar-refractivity contribution >= 4 is 21.6 Å². The third kappa shape index (κ3) is 3.64. The van der Waals surface area contributed by atoms with Gasteiger partial charge in [-0.15, -0.1) is 0 Å². The Morgan fingerprint density at radius 1 is 1.15 bits per heavy atom. The lowest BCUT2D eigenvalue weighted by Crippen LogP contribution is -2.43. The van der Waals surface area contributed by atoms with Gasteiger partial charge in [0.15, 0.2) is 0 Å². The van der Waals surface area contributed by atoms with E-state index in [0.29, 0.717) is 30.6 Å². The molecular formula is C19H21FN2O3S. The summed E-state index contributed by atoms with van der Waals surface area (Å²) < 4.78 is 40.3. The smallest absolute Gasteiger partial charge is 0.243 e. The first kappa shape index (κ1) is 18.5. The molecule has 0 spiro atoms. The number of benzene rings is 2. The zero-order valence-corrected chi connectivity index (χ0v) is 15.5. The number of hydrogen-bond acceptors (Lipinski definition) is 3. The van der Waals surface area contributed by atoms with E-state index in [4.69, 9.17) is 0 Å². The lowest BCUT2D eigenvalue weighted by molar-refractivity contribution is -0.119. The number of sulfonamides is 1. The monoisotopic (exact) mass is 376 g/mol. The molecular weight excluding hydrogens is 355 g/mol. The second-order valence-electron chi connectivity index (χ2n) is 6.54. The van der Waals surface area contributed by atoms with Crippen LogP contribution in [0, 0.1) is 19.7 Å². The summed E-state index contributed by atoms with van der Waals surface area (Å²) in [5, 5.41) is 2.73. The van der Waals surface area contributed by atoms with Gasteiger partial charge in [0.25, 0.3) is 0 Å². The number of hydrogen-bond donors (Lipinski definition) is 1. The molecule has 1 saturated heterocycles. The molecule has 0 aromatic heterocycles. The molecule has 1 aliphatic rings. The highest BCUT2D eigenvalue weighted by Crippen LogP contribution is 2.27. The fraction of sp³-hybridized carbons (Fsp3) is 0.316. The number of nitrogens with zero attached hydrogens (tertiary/aromatic N) is 1. The lowest BCUT2D eigenvalue weighted by atomic mass is 10.1. The van der Waals surface area contributed by atoms with Crippen LogP contribution >= 0.6 is 0 Å². The summed E-state index contributed by atoms with van der Waals surface area (Å²) >= 11 is 0. The molecule has 2 aromatic rings. The molecule has 0 bridgehead atoms. The van der Waals surface area contributed by atoms with Crippen LogP contribution in [0.3, 0.4) is 0 Å². The van der Waals surface area contributed by atoms with Gasteiger partial charge < -0.3 is 5.32 Å². The molecule has 2 aromatic carbocycles. The maximum absolute atomic E-state index is 13.2. The SMILES string of the molecule is Cc1ccc(S(=O)(=O)N2CCC[C@H]2C(=O)Nc2ccc(F)cc2C)cc1. The molecule has 0 saturated carbocycles. The van der Waals surface area contributed by atoms with E-state index in [9.17, 15) is 17.6 Å². The largest absolute Gasteiger partial charge is 0.324 e. The molecule has 1 N–H and O–H groups in total. The summed E-state index contributed by atoms with van der Waals surface area (Å²) in [6.07, 6.45) is 1.07. The Balaban J connectivity index is 1.83. The molecule has 1 amide bonds. The standard InChI is InChI=1S/C19H21FN2O3S/c1-13-5-8-16(9-6-13)26(24,25)22-11-3-4-18(22)19(23)21-17-10-7-15(20)12-14(17)2/h5-10,12,18H,3-4,11H2,1-2H3,(H,21,23)/t18-/m0/s1. The normalized spacial score (nSPS) is 18.0. The van der Waals surface area contributed by atoms with Crippen LogP contribution in [0.5, 0.6) is 0 Å². The maximum atomic E-state index is 13.2. The van der Waals surface area contributed by atoms with E-state index in [1.807, 2.05) is 6.92 Å². The Labute approximate surface area is 152 Å². The summed E-state index contributed by atoms with van der Waals surface area (Å²) in [6.45, 7) is 3.87. The van der Waals surface area contributed by atoms with E-state index in [0.717, 1.165) is 5.56 Å². The summed E-state index contributed by atoms with van der Waals surface area (Å²) in [5.74, 6) is -0.780. The molecule has 0 radical (unpaired) electrons. The lowest BCUT2D eigenvalue weighted by Gasteiger charge is -2.23. The van der Waals surface area contributed by atoms with E-state index in [1.54, 1.807) is 31.2 Å². The van der Waals surface area contributed by atoms with Crippen LogP contribution in [0.25, 0.3) is 0 Å². The van der Waals surface area contributed by atoms with Crippen LogP contribution in [0.2, 0.25) is 0 Å². The Hall–Kier alpha value is -2.25. The van der Waals surface area contributed by atoms with Crippen molar-refractivity contribution in [3.8, 4) is 0 Å². The predicted octanol–water partition coefficient (Wildman–Crippen LogP) is 3.23. The van der Waals surface area contributed by atoms with Crippen molar-refractivity contribution in [2.24, 2.45) is 0 Å². The van der Waals surface area contributed by atoms with Gasteiger partial charge in [0.05, 0.1) is 4.90 Å². The average Bonchev–Trinajstić information content (AvgIpc) is 3.08. The first-order chi connectivity index (χ1) is 12.3. The highest BCUT2D eigenvalue weighted by Gasteiger charge is 2.39. The molecule has 1 fully saturated rings. The minimum Gasteiger partial charge on any atom is -0.324 e. The second-order valence-corrected chi connectivity index (χ2v) is 8.43. The molecule has 0 aliphatic carbocycles. The number of aryl methyl sites for hydroxylation is 2. The van der Waals surface area contributed by atoms with Crippen molar-refractivity contribution in [3.05, 3.63) is 59.4 Å². The van der Waals surface area contributed by atoms with Gasteiger partial charge >= 0.3 is 0 Å². The van der Waals surface area contributed by atoms with Gasteiger partial charge in [0.2, 0.25) is 15.9 Å². The molecule has 138 valence electrons. The maximum Gasteiger partial charge on any atom is 0.243 e. The summed E-state index contributed by atoms with van der Waals surface area (Å²) in [6, 6.07) is 9.88. The van der Waals surface area contributed by atoms with Gasteiger partial charge in [0, 0.05) is 12.2 Å². The minimum absolute atomic E-state index is 0.181. The number of rotatable bonds is 4. The predicted molar refractivity (Wildman–Crippen MR) is 97.9 cm³/mol. The Morgan fingerprint density at radius 2 is 1.85 bits per heavy atom. The number of anilines is 1. The number of carbonyl (C=O) groups is 1. The fourth-order valence-electron chi connectivity index (χ4n) is 3.12. The third-order valence-electron chi connectivity index (χ3n) is 4.58. The van der Waals surface area contributed by atoms with E-state index in [1.165, 1.54) is 22.5 Å². The van der Waals surface area contributed by atoms with Gasteiger partial charge in [-0.05, 0) is 62.6 Å². The second kappa shape index (κ2) is 7.17. The molecule has 1 aliphatic heterocycles. The molecule has 1 atom stereocenters. The van der Waals surface area contributed by atoms with Crippen molar-refractivity contribution in [3.63, 3.8) is 0 Å². The van der Waals surface area contributed by atoms with Crippen LogP contribution in [-0.2, 0) is 14.8 Å². The number of carbonyl (C=O) groups excluding carboxylic acids is 1. The van der Waals surface area contributed by atoms with Crippen LogP contribution in [0.1, 0.15) is 24.0 Å². The van der Waals surface area contributed by atoms with E-state index >= 15 is 0 Å². The van der Waals surface area contributed by atoms with Crippen LogP contribution in [-0.4, -0.2) is 31.2 Å². The van der Waals surface area contributed by atoms with Crippen molar-refractivity contribution < 1.29 is 17.6 Å². The molecule has 5 nitrogen and oxygen atoms in total. The van der Waals surface area contributed by atoms with Gasteiger partial charge in [-0.1, -0.05) is 17.7 Å². The molecule has 3 rings (SSSR count). The molecule has 7 heteroatoms. The number of nitrogens with one attached hydrogen (secondary N) is 1. The van der Waals surface area contributed by atoms with E-state index in [2.05, 4.69) is 5.32 Å². The van der Waals surface area contributed by atoms with Gasteiger partial charge in [0.1, 0.15) is 11.9 Å². The Bertz CT molecular complexity index is 926. The van der Waals surface area contributed by atoms with Crippen LogP contribution in [0.4, 0.5) is 10.1 Å². The van der Waals surface area contributed by atoms with Gasteiger partial charge in [-0.25, -0.2) is 12.8 Å². The van der Waals surface area contributed by atoms with Crippen molar-refractivity contribution in [2.75, 3.05) is 11.9 Å². The first-order valence-electron chi connectivity index (χ1n) is 8.44. The Morgan fingerprint density at radius 3 is 2.50 bits per heavy atom. The number of amides is 1. The third-order valence-corrected chi connectivity index (χ3v) is 6.50. The van der Waals surface area contributed by atoms with Crippen molar-refractivity contribution in [2.45, 2.75) is 37.6 Å². The van der Waals surface area contributed by atoms with Crippen LogP contribution < -0.4 is 5.32 Å².